The first kappa shape index (κ1) is 19.3. The molecule has 0 saturated heterocycles. The second-order valence-corrected chi connectivity index (χ2v) is 5.19. The summed E-state index contributed by atoms with van der Waals surface area (Å²) in [4.78, 5) is 22.4. The maximum atomic E-state index is 12.4. The van der Waals surface area contributed by atoms with Crippen LogP contribution in [0.25, 0.3) is 6.08 Å². The molecule has 1 amide bonds. The second-order valence-electron chi connectivity index (χ2n) is 5.19. The molecule has 0 atom stereocenters. The topological polar surface area (TPSA) is 135 Å². The molecular weight excluding hydrogens is 354 g/mol. The van der Waals surface area contributed by atoms with Crippen molar-refractivity contribution in [1.82, 2.24) is 0 Å². The summed E-state index contributed by atoms with van der Waals surface area (Å²) < 4.78 is 10.3. The van der Waals surface area contributed by atoms with Crippen LogP contribution in [-0.2, 0) is 4.79 Å². The Balaban J connectivity index is 2.33. The Hall–Kier alpha value is -4.06. The third-order valence-corrected chi connectivity index (χ3v) is 3.54. The Labute approximate surface area is 154 Å². The van der Waals surface area contributed by atoms with Crippen molar-refractivity contribution < 1.29 is 24.3 Å². The van der Waals surface area contributed by atoms with E-state index < -0.39 is 16.6 Å². The van der Waals surface area contributed by atoms with Gasteiger partial charge in [-0.3, -0.25) is 14.9 Å². The molecule has 27 heavy (non-hydrogen) atoms. The van der Waals surface area contributed by atoms with Gasteiger partial charge in [0.15, 0.2) is 0 Å². The minimum atomic E-state index is -0.800. The number of amides is 1. The number of anilines is 1. The number of carbonyl (C=O) groups is 1. The molecule has 0 aromatic heterocycles. The molecule has 0 radical (unpaired) electrons. The fourth-order valence-corrected chi connectivity index (χ4v) is 2.19. The largest absolute Gasteiger partial charge is 0.506 e. The Bertz CT molecular complexity index is 962. The zero-order valence-corrected chi connectivity index (χ0v) is 14.4. The van der Waals surface area contributed by atoms with E-state index >= 15 is 0 Å². The highest BCUT2D eigenvalue weighted by Crippen LogP contribution is 2.29. The first-order chi connectivity index (χ1) is 12.9. The monoisotopic (exact) mass is 369 g/mol. The van der Waals surface area contributed by atoms with Crippen LogP contribution in [0.5, 0.6) is 17.2 Å². The molecule has 9 heteroatoms. The van der Waals surface area contributed by atoms with E-state index in [-0.39, 0.29) is 16.9 Å². The van der Waals surface area contributed by atoms with Crippen molar-refractivity contribution >= 4 is 23.4 Å². The Kier molecular flexibility index (Phi) is 5.96. The molecular formula is C18H15N3O6. The van der Waals surface area contributed by atoms with Crippen molar-refractivity contribution in [3.8, 4) is 23.3 Å². The number of carbonyl (C=O) groups excluding carboxylic acids is 1. The lowest BCUT2D eigenvalue weighted by Crippen LogP contribution is -2.13. The first-order valence-corrected chi connectivity index (χ1v) is 7.52. The average molecular weight is 369 g/mol. The van der Waals surface area contributed by atoms with Crippen molar-refractivity contribution in [1.29, 1.82) is 5.26 Å². The van der Waals surface area contributed by atoms with E-state index in [4.69, 9.17) is 9.47 Å². The number of non-ortho nitro benzene ring substituents is 1. The predicted molar refractivity (Wildman–Crippen MR) is 96.5 cm³/mol. The van der Waals surface area contributed by atoms with Crippen LogP contribution in [-0.4, -0.2) is 30.2 Å². The highest BCUT2D eigenvalue weighted by molar-refractivity contribution is 6.10. The maximum Gasteiger partial charge on any atom is 0.273 e. The van der Waals surface area contributed by atoms with Gasteiger partial charge in [0, 0.05) is 11.6 Å². The minimum absolute atomic E-state index is 0.0654. The molecule has 0 aliphatic carbocycles. The van der Waals surface area contributed by atoms with Gasteiger partial charge in [0.2, 0.25) is 0 Å². The highest BCUT2D eigenvalue weighted by atomic mass is 16.6. The summed E-state index contributed by atoms with van der Waals surface area (Å²) in [5, 5.41) is 32.2. The molecule has 2 aromatic rings. The van der Waals surface area contributed by atoms with Crippen molar-refractivity contribution in [3.05, 3.63) is 57.6 Å². The van der Waals surface area contributed by atoms with Gasteiger partial charge in [0.1, 0.15) is 28.9 Å². The molecule has 0 aliphatic rings. The molecule has 2 N–H and O–H groups in total. The number of aromatic hydroxyl groups is 1. The van der Waals surface area contributed by atoms with E-state index in [1.165, 1.54) is 26.4 Å². The third-order valence-electron chi connectivity index (χ3n) is 3.54. The predicted octanol–water partition coefficient (Wildman–Crippen LogP) is 2.86. The molecule has 0 bridgehead atoms. The van der Waals surface area contributed by atoms with Crippen LogP contribution in [0.2, 0.25) is 0 Å². The highest BCUT2D eigenvalue weighted by Gasteiger charge is 2.16. The summed E-state index contributed by atoms with van der Waals surface area (Å²) >= 11 is 0. The van der Waals surface area contributed by atoms with Crippen LogP contribution in [0.1, 0.15) is 5.56 Å². The molecule has 0 heterocycles. The second kappa shape index (κ2) is 8.35. The van der Waals surface area contributed by atoms with Gasteiger partial charge in [-0.15, -0.1) is 0 Å². The van der Waals surface area contributed by atoms with Gasteiger partial charge in [-0.05, 0) is 30.3 Å². The van der Waals surface area contributed by atoms with Gasteiger partial charge >= 0.3 is 0 Å². The number of nitriles is 1. The zero-order chi connectivity index (χ0) is 20.0. The van der Waals surface area contributed by atoms with E-state index in [9.17, 15) is 25.3 Å². The number of ether oxygens (including phenoxy) is 2. The van der Waals surface area contributed by atoms with E-state index in [2.05, 4.69) is 5.32 Å². The SMILES string of the molecule is COc1ccc(OC)c(C=C(C#N)C(=O)Nc2ccc([N+](=O)[O-])cc2O)c1. The molecule has 0 aliphatic heterocycles. The van der Waals surface area contributed by atoms with Crippen molar-refractivity contribution in [2.45, 2.75) is 0 Å². The summed E-state index contributed by atoms with van der Waals surface area (Å²) in [6.07, 6.45) is 1.30. The van der Waals surface area contributed by atoms with Crippen LogP contribution in [0.3, 0.4) is 0 Å². The van der Waals surface area contributed by atoms with Crippen LogP contribution in [0.4, 0.5) is 11.4 Å². The lowest BCUT2D eigenvalue weighted by Gasteiger charge is -2.09. The number of methoxy groups -OCH3 is 2. The Morgan fingerprint density at radius 1 is 1.26 bits per heavy atom. The fourth-order valence-electron chi connectivity index (χ4n) is 2.19. The zero-order valence-electron chi connectivity index (χ0n) is 14.4. The number of nitro benzene ring substituents is 1. The molecule has 2 rings (SSSR count). The number of hydrogen-bond acceptors (Lipinski definition) is 7. The number of phenolic OH excluding ortho intramolecular Hbond substituents is 1. The quantitative estimate of drug-likeness (QED) is 0.263. The minimum Gasteiger partial charge on any atom is -0.506 e. The molecule has 0 unspecified atom stereocenters. The number of hydrogen-bond donors (Lipinski definition) is 2. The van der Waals surface area contributed by atoms with Crippen LogP contribution < -0.4 is 14.8 Å². The molecule has 9 nitrogen and oxygen atoms in total. The Morgan fingerprint density at radius 2 is 2.00 bits per heavy atom. The van der Waals surface area contributed by atoms with Gasteiger partial charge in [-0.1, -0.05) is 0 Å². The van der Waals surface area contributed by atoms with E-state index in [0.29, 0.717) is 17.1 Å². The molecule has 0 fully saturated rings. The first-order valence-electron chi connectivity index (χ1n) is 7.52. The third kappa shape index (κ3) is 4.52. The number of rotatable bonds is 6. The lowest BCUT2D eigenvalue weighted by molar-refractivity contribution is -0.384. The fraction of sp³-hybridized carbons (Fsp3) is 0.111. The van der Waals surface area contributed by atoms with Gasteiger partial charge in [0.05, 0.1) is 30.9 Å². The van der Waals surface area contributed by atoms with Gasteiger partial charge in [-0.2, -0.15) is 5.26 Å². The molecule has 0 spiro atoms. The van der Waals surface area contributed by atoms with Crippen LogP contribution >= 0.6 is 0 Å². The maximum absolute atomic E-state index is 12.4. The van der Waals surface area contributed by atoms with Crippen molar-refractivity contribution in [3.63, 3.8) is 0 Å². The van der Waals surface area contributed by atoms with Gasteiger partial charge < -0.3 is 19.9 Å². The summed E-state index contributed by atoms with van der Waals surface area (Å²) in [7, 11) is 2.92. The Morgan fingerprint density at radius 3 is 2.56 bits per heavy atom. The number of nitrogens with one attached hydrogen (secondary N) is 1. The number of benzene rings is 2. The smallest absolute Gasteiger partial charge is 0.273 e. The average Bonchev–Trinajstić information content (AvgIpc) is 2.67. The number of nitrogens with zero attached hydrogens (tertiary/aromatic N) is 2. The molecule has 2 aromatic carbocycles. The van der Waals surface area contributed by atoms with Crippen molar-refractivity contribution in [2.24, 2.45) is 0 Å². The lowest BCUT2D eigenvalue weighted by atomic mass is 10.1. The van der Waals surface area contributed by atoms with Crippen molar-refractivity contribution in [2.75, 3.05) is 19.5 Å². The van der Waals surface area contributed by atoms with Gasteiger partial charge in [-0.25, -0.2) is 0 Å². The summed E-state index contributed by atoms with van der Waals surface area (Å²) in [5.74, 6) is -0.359. The summed E-state index contributed by atoms with van der Waals surface area (Å²) in [5.41, 5.74) is -0.220. The van der Waals surface area contributed by atoms with Crippen LogP contribution in [0, 0.1) is 21.4 Å². The number of nitro groups is 1. The van der Waals surface area contributed by atoms with E-state index in [1.54, 1.807) is 24.3 Å². The standard InChI is InChI=1S/C18H15N3O6/c1-26-14-4-6-17(27-2)11(8-14)7-12(10-19)18(23)20-15-5-3-13(21(24)25)9-16(15)22/h3-9,22H,1-2H3,(H,20,23). The number of phenols is 1. The molecule has 138 valence electrons. The summed E-state index contributed by atoms with van der Waals surface area (Å²) in [6.45, 7) is 0. The van der Waals surface area contributed by atoms with Crippen LogP contribution in [0.15, 0.2) is 42.0 Å². The molecule has 0 saturated carbocycles. The van der Waals surface area contributed by atoms with Gasteiger partial charge in [0.25, 0.3) is 11.6 Å². The van der Waals surface area contributed by atoms with E-state index in [1.807, 2.05) is 0 Å². The van der Waals surface area contributed by atoms with E-state index in [0.717, 1.165) is 12.1 Å². The summed E-state index contributed by atoms with van der Waals surface area (Å²) in [6, 6.07) is 9.84. The normalized spacial score (nSPS) is 10.6.